The second-order valence-corrected chi connectivity index (χ2v) is 5.64. The number of benzene rings is 2. The molecule has 0 aliphatic rings. The molecular formula is C19H22F2N2O2. The standard InChI is InChI=1S/C19H22F2N2O2/c20-19(21)25-17-9-7-15(8-10-17)13-18(24)23(12-4-11-22)14-16-5-2-1-3-6-16/h1-3,5-10,19H,4,11-14,22H2. The molecule has 2 aromatic carbocycles. The van der Waals surface area contributed by atoms with E-state index in [0.29, 0.717) is 19.6 Å². The first-order chi connectivity index (χ1) is 12.1. The lowest BCUT2D eigenvalue weighted by atomic mass is 10.1. The van der Waals surface area contributed by atoms with Crippen LogP contribution in [0.3, 0.4) is 0 Å². The number of nitrogens with zero attached hydrogens (tertiary/aromatic N) is 1. The number of nitrogens with two attached hydrogens (primary N) is 1. The van der Waals surface area contributed by atoms with Gasteiger partial charge in [0.1, 0.15) is 5.75 Å². The highest BCUT2D eigenvalue weighted by atomic mass is 19.3. The first-order valence-corrected chi connectivity index (χ1v) is 8.14. The van der Waals surface area contributed by atoms with Gasteiger partial charge in [-0.05, 0) is 36.2 Å². The number of alkyl halides is 2. The molecule has 2 aromatic rings. The van der Waals surface area contributed by atoms with E-state index in [-0.39, 0.29) is 18.1 Å². The van der Waals surface area contributed by atoms with Crippen LogP contribution in [-0.2, 0) is 17.8 Å². The minimum absolute atomic E-state index is 0.0279. The zero-order valence-corrected chi connectivity index (χ0v) is 13.9. The average Bonchev–Trinajstić information content (AvgIpc) is 2.60. The monoisotopic (exact) mass is 348 g/mol. The maximum atomic E-state index is 12.6. The Kier molecular flexibility index (Phi) is 7.35. The Labute approximate surface area is 146 Å². The minimum Gasteiger partial charge on any atom is -0.435 e. The first-order valence-electron chi connectivity index (χ1n) is 8.14. The molecule has 1 amide bonds. The van der Waals surface area contributed by atoms with Crippen molar-refractivity contribution in [2.45, 2.75) is 26.0 Å². The predicted octanol–water partition coefficient (Wildman–Crippen LogP) is 3.21. The molecule has 0 saturated heterocycles. The molecule has 0 unspecified atom stereocenters. The van der Waals surface area contributed by atoms with Gasteiger partial charge in [-0.15, -0.1) is 0 Å². The summed E-state index contributed by atoms with van der Waals surface area (Å²) in [4.78, 5) is 14.4. The van der Waals surface area contributed by atoms with Crippen molar-refractivity contribution in [1.82, 2.24) is 4.90 Å². The summed E-state index contributed by atoms with van der Waals surface area (Å²) in [5.74, 6) is 0.0512. The Morgan fingerprint density at radius 1 is 1.04 bits per heavy atom. The van der Waals surface area contributed by atoms with Gasteiger partial charge < -0.3 is 15.4 Å². The summed E-state index contributed by atoms with van der Waals surface area (Å²) >= 11 is 0. The smallest absolute Gasteiger partial charge is 0.387 e. The third-order valence-corrected chi connectivity index (χ3v) is 3.70. The van der Waals surface area contributed by atoms with Crippen molar-refractivity contribution in [3.8, 4) is 5.75 Å². The van der Waals surface area contributed by atoms with Gasteiger partial charge in [-0.2, -0.15) is 8.78 Å². The Morgan fingerprint density at radius 2 is 1.72 bits per heavy atom. The molecule has 2 rings (SSSR count). The van der Waals surface area contributed by atoms with Crippen LogP contribution < -0.4 is 10.5 Å². The third kappa shape index (κ3) is 6.51. The first kappa shape index (κ1) is 18.9. The number of carbonyl (C=O) groups excluding carboxylic acids is 1. The second kappa shape index (κ2) is 9.74. The summed E-state index contributed by atoms with van der Waals surface area (Å²) in [5.41, 5.74) is 7.36. The van der Waals surface area contributed by atoms with Gasteiger partial charge in [-0.3, -0.25) is 4.79 Å². The summed E-state index contributed by atoms with van der Waals surface area (Å²) in [5, 5.41) is 0. The molecule has 0 aromatic heterocycles. The number of halogens is 2. The molecule has 0 radical (unpaired) electrons. The lowest BCUT2D eigenvalue weighted by Gasteiger charge is -2.23. The van der Waals surface area contributed by atoms with Crippen molar-refractivity contribution in [1.29, 1.82) is 0 Å². The highest BCUT2D eigenvalue weighted by Crippen LogP contribution is 2.16. The van der Waals surface area contributed by atoms with Crippen molar-refractivity contribution in [3.63, 3.8) is 0 Å². The van der Waals surface area contributed by atoms with Crippen LogP contribution in [0, 0.1) is 0 Å². The number of carbonyl (C=O) groups is 1. The van der Waals surface area contributed by atoms with E-state index < -0.39 is 6.61 Å². The molecule has 0 aliphatic carbocycles. The molecule has 0 spiro atoms. The van der Waals surface area contributed by atoms with E-state index in [9.17, 15) is 13.6 Å². The summed E-state index contributed by atoms with van der Waals surface area (Å²) < 4.78 is 28.6. The Hall–Kier alpha value is -2.47. The van der Waals surface area contributed by atoms with Crippen molar-refractivity contribution >= 4 is 5.91 Å². The zero-order valence-electron chi connectivity index (χ0n) is 13.9. The number of ether oxygens (including phenoxy) is 1. The fourth-order valence-corrected chi connectivity index (χ4v) is 2.45. The Bertz CT molecular complexity index is 648. The molecule has 0 bridgehead atoms. The van der Waals surface area contributed by atoms with E-state index in [1.165, 1.54) is 12.1 Å². The normalized spacial score (nSPS) is 10.7. The maximum absolute atomic E-state index is 12.6. The summed E-state index contributed by atoms with van der Waals surface area (Å²) in [7, 11) is 0. The number of rotatable bonds is 9. The van der Waals surface area contributed by atoms with Gasteiger partial charge >= 0.3 is 6.61 Å². The van der Waals surface area contributed by atoms with Crippen LogP contribution >= 0.6 is 0 Å². The molecule has 6 heteroatoms. The topological polar surface area (TPSA) is 55.6 Å². The number of hydrogen-bond acceptors (Lipinski definition) is 3. The largest absolute Gasteiger partial charge is 0.435 e. The van der Waals surface area contributed by atoms with Crippen LogP contribution in [-0.4, -0.2) is 30.5 Å². The quantitative estimate of drug-likeness (QED) is 0.757. The lowest BCUT2D eigenvalue weighted by molar-refractivity contribution is -0.131. The molecule has 4 nitrogen and oxygen atoms in total. The van der Waals surface area contributed by atoms with Crippen molar-refractivity contribution in [3.05, 3.63) is 65.7 Å². The SMILES string of the molecule is NCCCN(Cc1ccccc1)C(=O)Cc1ccc(OC(F)F)cc1. The van der Waals surface area contributed by atoms with Crippen LogP contribution in [0.4, 0.5) is 8.78 Å². The van der Waals surface area contributed by atoms with Gasteiger partial charge in [0.15, 0.2) is 0 Å². The summed E-state index contributed by atoms with van der Waals surface area (Å²) in [6.45, 7) is -1.24. The van der Waals surface area contributed by atoms with Crippen LogP contribution in [0.15, 0.2) is 54.6 Å². The van der Waals surface area contributed by atoms with Gasteiger partial charge in [0, 0.05) is 13.1 Å². The van der Waals surface area contributed by atoms with E-state index in [1.54, 1.807) is 17.0 Å². The molecule has 0 heterocycles. The number of hydrogen-bond donors (Lipinski definition) is 1. The molecule has 134 valence electrons. The van der Waals surface area contributed by atoms with E-state index >= 15 is 0 Å². The molecule has 0 saturated carbocycles. The second-order valence-electron chi connectivity index (χ2n) is 5.64. The van der Waals surface area contributed by atoms with E-state index in [1.807, 2.05) is 30.3 Å². The van der Waals surface area contributed by atoms with Crippen LogP contribution in [0.5, 0.6) is 5.75 Å². The van der Waals surface area contributed by atoms with Crippen LogP contribution in [0.25, 0.3) is 0 Å². The molecule has 0 fully saturated rings. The van der Waals surface area contributed by atoms with Crippen molar-refractivity contribution in [2.24, 2.45) is 5.73 Å². The molecule has 25 heavy (non-hydrogen) atoms. The Balaban J connectivity index is 2.00. The lowest BCUT2D eigenvalue weighted by Crippen LogP contribution is -2.33. The fraction of sp³-hybridized carbons (Fsp3) is 0.316. The van der Waals surface area contributed by atoms with Gasteiger partial charge in [0.05, 0.1) is 6.42 Å². The zero-order chi connectivity index (χ0) is 18.1. The van der Waals surface area contributed by atoms with Crippen molar-refractivity contribution in [2.75, 3.05) is 13.1 Å². The van der Waals surface area contributed by atoms with Crippen molar-refractivity contribution < 1.29 is 18.3 Å². The average molecular weight is 348 g/mol. The van der Waals surface area contributed by atoms with Crippen LogP contribution in [0.2, 0.25) is 0 Å². The van der Waals surface area contributed by atoms with Gasteiger partial charge in [0.25, 0.3) is 0 Å². The highest BCUT2D eigenvalue weighted by Gasteiger charge is 2.14. The van der Waals surface area contributed by atoms with E-state index in [2.05, 4.69) is 4.74 Å². The molecule has 0 aliphatic heterocycles. The predicted molar refractivity (Wildman–Crippen MR) is 92.3 cm³/mol. The minimum atomic E-state index is -2.86. The van der Waals surface area contributed by atoms with E-state index in [0.717, 1.165) is 17.5 Å². The third-order valence-electron chi connectivity index (χ3n) is 3.70. The van der Waals surface area contributed by atoms with E-state index in [4.69, 9.17) is 5.73 Å². The maximum Gasteiger partial charge on any atom is 0.387 e. The molecular weight excluding hydrogens is 326 g/mol. The van der Waals surface area contributed by atoms with Crippen LogP contribution in [0.1, 0.15) is 17.5 Å². The fourth-order valence-electron chi connectivity index (χ4n) is 2.45. The summed E-state index contributed by atoms with van der Waals surface area (Å²) in [6, 6.07) is 15.9. The summed E-state index contributed by atoms with van der Waals surface area (Å²) in [6.07, 6.45) is 0.923. The number of amides is 1. The molecule has 0 atom stereocenters. The highest BCUT2D eigenvalue weighted by molar-refractivity contribution is 5.78. The Morgan fingerprint density at radius 3 is 2.32 bits per heavy atom. The van der Waals surface area contributed by atoms with Gasteiger partial charge in [-0.25, -0.2) is 0 Å². The van der Waals surface area contributed by atoms with Gasteiger partial charge in [-0.1, -0.05) is 42.5 Å². The molecule has 2 N–H and O–H groups in total. The van der Waals surface area contributed by atoms with Gasteiger partial charge in [0.2, 0.25) is 5.91 Å².